The van der Waals surface area contributed by atoms with Gasteiger partial charge in [-0.15, -0.1) is 0 Å². The van der Waals surface area contributed by atoms with E-state index >= 15 is 0 Å². The summed E-state index contributed by atoms with van der Waals surface area (Å²) in [6.07, 6.45) is 4.36. The van der Waals surface area contributed by atoms with Crippen molar-refractivity contribution in [3.05, 3.63) is 22.2 Å². The van der Waals surface area contributed by atoms with Crippen LogP contribution < -0.4 is 10.6 Å². The molecule has 9 heteroatoms. The summed E-state index contributed by atoms with van der Waals surface area (Å²) < 4.78 is 0. The number of nitrogens with one attached hydrogen (secondary N) is 2. The van der Waals surface area contributed by atoms with Gasteiger partial charge in [-0.3, -0.25) is 14.9 Å². The molecule has 3 amide bonds. The van der Waals surface area contributed by atoms with E-state index in [1.807, 2.05) is 0 Å². The Labute approximate surface area is 155 Å². The normalized spacial score (nSPS) is 14.7. The van der Waals surface area contributed by atoms with E-state index in [0.29, 0.717) is 0 Å². The maximum atomic E-state index is 12.4. The number of aliphatic hydroxyl groups excluding tert-OH is 1. The number of benzene rings is 1. The van der Waals surface area contributed by atoms with Crippen LogP contribution in [0.3, 0.4) is 0 Å². The summed E-state index contributed by atoms with van der Waals surface area (Å²) in [6, 6.07) is 0.141. The number of hydrogen-bond acceptors (Lipinski definition) is 6. The molecule has 1 saturated carbocycles. The van der Waals surface area contributed by atoms with Crippen LogP contribution >= 0.6 is 11.6 Å². The van der Waals surface area contributed by atoms with Crippen LogP contribution in [0.5, 0.6) is 11.5 Å². The fourth-order valence-electron chi connectivity index (χ4n) is 2.98. The smallest absolute Gasteiger partial charge is 0.321 e. The highest BCUT2D eigenvalue weighted by atomic mass is 35.5. The number of ketones is 1. The van der Waals surface area contributed by atoms with Gasteiger partial charge in [0.15, 0.2) is 17.3 Å². The number of phenols is 2. The first-order valence-electron chi connectivity index (χ1n) is 8.35. The molecular weight excluding hydrogens is 364 g/mol. The predicted molar refractivity (Wildman–Crippen MR) is 93.7 cm³/mol. The molecule has 8 nitrogen and oxygen atoms in total. The molecule has 0 atom stereocenters. The van der Waals surface area contributed by atoms with Crippen molar-refractivity contribution in [2.45, 2.75) is 44.6 Å². The molecule has 0 bridgehead atoms. The molecule has 0 radical (unpaired) electrons. The van der Waals surface area contributed by atoms with Gasteiger partial charge in [-0.25, -0.2) is 4.79 Å². The summed E-state index contributed by atoms with van der Waals surface area (Å²) in [5, 5.41) is 33.0. The molecule has 1 aliphatic rings. The molecule has 0 aliphatic heterocycles. The third-order valence-electron chi connectivity index (χ3n) is 4.24. The van der Waals surface area contributed by atoms with E-state index in [1.165, 1.54) is 0 Å². The van der Waals surface area contributed by atoms with E-state index in [-0.39, 0.29) is 17.5 Å². The number of amides is 3. The number of carbonyl (C=O) groups excluding carboxylic acids is 3. The summed E-state index contributed by atoms with van der Waals surface area (Å²) >= 11 is 5.94. The van der Waals surface area contributed by atoms with E-state index in [0.717, 1.165) is 38.2 Å². The van der Waals surface area contributed by atoms with Gasteiger partial charge in [0.2, 0.25) is 0 Å². The molecule has 1 aliphatic carbocycles. The number of phenolic OH excluding ortho intramolecular Hbond substituents is 2. The Morgan fingerprint density at radius 2 is 1.77 bits per heavy atom. The van der Waals surface area contributed by atoms with Crippen molar-refractivity contribution in [2.75, 3.05) is 6.61 Å². The van der Waals surface area contributed by atoms with Crippen molar-refractivity contribution >= 4 is 29.3 Å². The van der Waals surface area contributed by atoms with Crippen LogP contribution in [0, 0.1) is 0 Å². The van der Waals surface area contributed by atoms with Crippen LogP contribution in [0.25, 0.3) is 0 Å². The topological polar surface area (TPSA) is 136 Å². The Balaban J connectivity index is 2.22. The molecule has 1 fully saturated rings. The SMILES string of the molecule is O=C(NC(=O)c1c(Cl)cc(O)c(O)c1C(=O)CCO)NC1CCCCC1. The lowest BCUT2D eigenvalue weighted by atomic mass is 9.96. The number of imide groups is 1. The summed E-state index contributed by atoms with van der Waals surface area (Å²) in [5.41, 5.74) is -0.966. The second-order valence-corrected chi connectivity index (χ2v) is 6.54. The Hall–Kier alpha value is -2.32. The van der Waals surface area contributed by atoms with Gasteiger partial charge in [-0.2, -0.15) is 0 Å². The zero-order valence-electron chi connectivity index (χ0n) is 14.0. The van der Waals surface area contributed by atoms with E-state index in [1.54, 1.807) is 0 Å². The van der Waals surface area contributed by atoms with Crippen molar-refractivity contribution < 1.29 is 29.7 Å². The zero-order valence-corrected chi connectivity index (χ0v) is 14.8. The fraction of sp³-hybridized carbons (Fsp3) is 0.471. The quantitative estimate of drug-likeness (QED) is 0.389. The van der Waals surface area contributed by atoms with Crippen molar-refractivity contribution in [3.8, 4) is 11.5 Å². The third kappa shape index (κ3) is 4.64. The van der Waals surface area contributed by atoms with E-state index < -0.39 is 47.0 Å². The van der Waals surface area contributed by atoms with Crippen LogP contribution in [-0.2, 0) is 0 Å². The van der Waals surface area contributed by atoms with E-state index in [2.05, 4.69) is 10.6 Å². The molecule has 142 valence electrons. The van der Waals surface area contributed by atoms with Crippen LogP contribution in [0.15, 0.2) is 6.07 Å². The minimum Gasteiger partial charge on any atom is -0.504 e. The fourth-order valence-corrected chi connectivity index (χ4v) is 3.26. The molecule has 0 heterocycles. The lowest BCUT2D eigenvalue weighted by Crippen LogP contribution is -2.45. The molecule has 2 rings (SSSR count). The van der Waals surface area contributed by atoms with Crippen LogP contribution in [0.1, 0.15) is 59.2 Å². The number of halogens is 1. The summed E-state index contributed by atoms with van der Waals surface area (Å²) in [7, 11) is 0. The lowest BCUT2D eigenvalue weighted by Gasteiger charge is -2.22. The second kappa shape index (κ2) is 8.86. The number of hydrogen-bond donors (Lipinski definition) is 5. The molecule has 1 aromatic rings. The standard InChI is InChI=1S/C17H21ClN2O6/c18-10-8-12(23)15(24)14(11(22)6-7-21)13(10)16(25)20-17(26)19-9-4-2-1-3-5-9/h8-9,21,23-24H,1-7H2,(H2,19,20,25,26). The van der Waals surface area contributed by atoms with Gasteiger partial charge in [0.25, 0.3) is 5.91 Å². The van der Waals surface area contributed by atoms with Gasteiger partial charge >= 0.3 is 6.03 Å². The van der Waals surface area contributed by atoms with Crippen LogP contribution in [0.4, 0.5) is 4.79 Å². The number of aromatic hydroxyl groups is 2. The maximum Gasteiger partial charge on any atom is 0.321 e. The molecule has 5 N–H and O–H groups in total. The highest BCUT2D eigenvalue weighted by molar-refractivity contribution is 6.35. The van der Waals surface area contributed by atoms with Crippen molar-refractivity contribution in [1.82, 2.24) is 10.6 Å². The summed E-state index contributed by atoms with van der Waals surface area (Å²) in [4.78, 5) is 36.6. The van der Waals surface area contributed by atoms with Gasteiger partial charge in [0.05, 0.1) is 22.8 Å². The number of aliphatic hydroxyl groups is 1. The van der Waals surface area contributed by atoms with Gasteiger partial charge < -0.3 is 20.6 Å². The van der Waals surface area contributed by atoms with Gasteiger partial charge in [0, 0.05) is 18.5 Å². The van der Waals surface area contributed by atoms with Crippen LogP contribution in [-0.4, -0.2) is 45.7 Å². The van der Waals surface area contributed by atoms with Gasteiger partial charge in [-0.1, -0.05) is 30.9 Å². The average Bonchev–Trinajstić information content (AvgIpc) is 2.58. The minimum atomic E-state index is -0.986. The van der Waals surface area contributed by atoms with Crippen molar-refractivity contribution in [2.24, 2.45) is 0 Å². The highest BCUT2D eigenvalue weighted by Gasteiger charge is 2.28. The number of rotatable bonds is 5. The lowest BCUT2D eigenvalue weighted by molar-refractivity contribution is 0.0921. The summed E-state index contributed by atoms with van der Waals surface area (Å²) in [6.45, 7) is -0.519. The first-order valence-corrected chi connectivity index (χ1v) is 8.73. The van der Waals surface area contributed by atoms with Crippen LogP contribution in [0.2, 0.25) is 5.02 Å². The first kappa shape index (κ1) is 20.0. The number of Topliss-reactive ketones (excluding diaryl/α,β-unsaturated/α-hetero) is 1. The summed E-state index contributed by atoms with van der Waals surface area (Å²) in [5.74, 6) is -3.29. The zero-order chi connectivity index (χ0) is 19.3. The predicted octanol–water partition coefficient (Wildman–Crippen LogP) is 2.09. The number of urea groups is 1. The molecule has 1 aromatic carbocycles. The minimum absolute atomic E-state index is 0.0317. The molecular formula is C17H21ClN2O6. The maximum absolute atomic E-state index is 12.4. The van der Waals surface area contributed by atoms with Gasteiger partial charge in [0.1, 0.15) is 0 Å². The van der Waals surface area contributed by atoms with E-state index in [4.69, 9.17) is 16.7 Å². The highest BCUT2D eigenvalue weighted by Crippen LogP contribution is 2.37. The Kier molecular flexibility index (Phi) is 6.82. The number of carbonyl (C=O) groups is 3. The van der Waals surface area contributed by atoms with Crippen molar-refractivity contribution in [3.63, 3.8) is 0 Å². The monoisotopic (exact) mass is 384 g/mol. The largest absolute Gasteiger partial charge is 0.504 e. The first-order chi connectivity index (χ1) is 12.3. The van der Waals surface area contributed by atoms with Gasteiger partial charge in [-0.05, 0) is 12.8 Å². The second-order valence-electron chi connectivity index (χ2n) is 6.14. The van der Waals surface area contributed by atoms with E-state index in [9.17, 15) is 24.6 Å². The molecule has 0 spiro atoms. The third-order valence-corrected chi connectivity index (χ3v) is 4.54. The molecule has 0 unspecified atom stereocenters. The Morgan fingerprint density at radius 1 is 1.12 bits per heavy atom. The Bertz CT molecular complexity index is 716. The molecule has 26 heavy (non-hydrogen) atoms. The van der Waals surface area contributed by atoms with Crippen molar-refractivity contribution in [1.29, 1.82) is 0 Å². The molecule has 0 aromatic heterocycles. The average molecular weight is 385 g/mol. The molecule has 0 saturated heterocycles. The Morgan fingerprint density at radius 3 is 2.38 bits per heavy atom.